The Morgan fingerprint density at radius 3 is 2.41 bits per heavy atom. The van der Waals surface area contributed by atoms with Gasteiger partial charge in [0.25, 0.3) is 0 Å². The van der Waals surface area contributed by atoms with Gasteiger partial charge in [0.1, 0.15) is 6.04 Å². The predicted molar refractivity (Wildman–Crippen MR) is 60.5 cm³/mol. The fraction of sp³-hybridized carbons (Fsp3) is 0.545. The third-order valence-electron chi connectivity index (χ3n) is 1.99. The number of allylic oxidation sites excluding steroid dienone is 1. The summed E-state index contributed by atoms with van der Waals surface area (Å²) in [4.78, 5) is 32.3. The molecule has 0 aromatic carbocycles. The zero-order valence-corrected chi connectivity index (χ0v) is 9.68. The number of aliphatic carboxylic acids is 2. The fourth-order valence-electron chi connectivity index (χ4n) is 1.10. The molecule has 0 aromatic heterocycles. The van der Waals surface area contributed by atoms with E-state index in [-0.39, 0.29) is 12.8 Å². The van der Waals surface area contributed by atoms with E-state index < -0.39 is 23.9 Å². The number of rotatable bonds is 8. The van der Waals surface area contributed by atoms with Gasteiger partial charge >= 0.3 is 11.9 Å². The summed E-state index contributed by atoms with van der Waals surface area (Å²) < 4.78 is 0. The van der Waals surface area contributed by atoms with Crippen molar-refractivity contribution in [1.82, 2.24) is 5.32 Å². The zero-order valence-electron chi connectivity index (χ0n) is 9.68. The van der Waals surface area contributed by atoms with Gasteiger partial charge in [-0.05, 0) is 18.9 Å². The first kappa shape index (κ1) is 15.2. The minimum atomic E-state index is -1.23. The van der Waals surface area contributed by atoms with E-state index >= 15 is 0 Å². The smallest absolute Gasteiger partial charge is 0.326 e. The van der Waals surface area contributed by atoms with E-state index in [4.69, 9.17) is 10.2 Å². The Kier molecular flexibility index (Phi) is 7.41. The number of hydrogen-bond acceptors (Lipinski definition) is 3. The summed E-state index contributed by atoms with van der Waals surface area (Å²) in [5.74, 6) is -2.84. The first-order valence-corrected chi connectivity index (χ1v) is 5.39. The minimum absolute atomic E-state index is 0.127. The molecular weight excluding hydrogens is 226 g/mol. The molecule has 0 saturated heterocycles. The Hall–Kier alpha value is -1.85. The van der Waals surface area contributed by atoms with Crippen molar-refractivity contribution in [2.75, 3.05) is 0 Å². The Morgan fingerprint density at radius 2 is 1.94 bits per heavy atom. The Labute approximate surface area is 99.3 Å². The van der Waals surface area contributed by atoms with E-state index in [0.29, 0.717) is 0 Å². The van der Waals surface area contributed by atoms with Crippen molar-refractivity contribution in [3.63, 3.8) is 0 Å². The van der Waals surface area contributed by atoms with Crippen molar-refractivity contribution in [3.05, 3.63) is 12.2 Å². The van der Waals surface area contributed by atoms with Gasteiger partial charge < -0.3 is 15.5 Å². The standard InChI is InChI=1S/C11H17NO5/c1-2-3-4-5-9(13)12-8(11(16)17)6-7-10(14)15/h4-5,8H,2-3,6-7H2,1H3,(H,12,13)(H,14,15)(H,16,17)/t8-/m0/s1. The molecule has 1 amide bonds. The predicted octanol–water partition coefficient (Wildman–Crippen LogP) is 0.777. The largest absolute Gasteiger partial charge is 0.481 e. The molecule has 0 unspecified atom stereocenters. The van der Waals surface area contributed by atoms with Crippen LogP contribution in [-0.2, 0) is 14.4 Å². The second-order valence-corrected chi connectivity index (χ2v) is 3.52. The Bertz CT molecular complexity index is 311. The van der Waals surface area contributed by atoms with Crippen molar-refractivity contribution in [2.24, 2.45) is 0 Å². The molecule has 0 saturated carbocycles. The number of carboxylic acid groups (broad SMARTS) is 2. The van der Waals surface area contributed by atoms with Gasteiger partial charge in [-0.3, -0.25) is 9.59 Å². The van der Waals surface area contributed by atoms with E-state index in [1.54, 1.807) is 6.08 Å². The van der Waals surface area contributed by atoms with Crippen LogP contribution in [0.4, 0.5) is 0 Å². The maximum absolute atomic E-state index is 11.3. The van der Waals surface area contributed by atoms with Crippen molar-refractivity contribution < 1.29 is 24.6 Å². The molecule has 0 aliphatic rings. The quantitative estimate of drug-likeness (QED) is 0.546. The average Bonchev–Trinajstić information content (AvgIpc) is 2.23. The molecule has 0 heterocycles. The van der Waals surface area contributed by atoms with Gasteiger partial charge in [0.2, 0.25) is 5.91 Å². The highest BCUT2D eigenvalue weighted by atomic mass is 16.4. The zero-order chi connectivity index (χ0) is 13.3. The molecule has 0 rings (SSSR count). The number of unbranched alkanes of at least 4 members (excludes halogenated alkanes) is 1. The van der Waals surface area contributed by atoms with Gasteiger partial charge in [-0.25, -0.2) is 4.79 Å². The SMILES string of the molecule is CCCC=CC(=O)N[C@@H](CCC(=O)O)C(=O)O. The summed E-state index contributed by atoms with van der Waals surface area (Å²) in [5.41, 5.74) is 0. The van der Waals surface area contributed by atoms with Crippen LogP contribution >= 0.6 is 0 Å². The lowest BCUT2D eigenvalue weighted by atomic mass is 10.1. The topological polar surface area (TPSA) is 104 Å². The molecule has 6 nitrogen and oxygen atoms in total. The van der Waals surface area contributed by atoms with Gasteiger partial charge in [0.15, 0.2) is 0 Å². The van der Waals surface area contributed by atoms with Crippen LogP contribution in [0.5, 0.6) is 0 Å². The molecular formula is C11H17NO5. The average molecular weight is 243 g/mol. The first-order valence-electron chi connectivity index (χ1n) is 5.39. The maximum atomic E-state index is 11.3. The molecule has 6 heteroatoms. The molecule has 0 bridgehead atoms. The summed E-state index contributed by atoms with van der Waals surface area (Å²) in [6, 6.07) is -1.16. The lowest BCUT2D eigenvalue weighted by Crippen LogP contribution is -2.40. The highest BCUT2D eigenvalue weighted by molar-refractivity contribution is 5.91. The number of hydrogen-bond donors (Lipinski definition) is 3. The summed E-state index contributed by atoms with van der Waals surface area (Å²) in [5, 5.41) is 19.4. The van der Waals surface area contributed by atoms with Crippen LogP contribution in [0.15, 0.2) is 12.2 Å². The molecule has 0 aliphatic carbocycles. The van der Waals surface area contributed by atoms with Gasteiger partial charge in [-0.2, -0.15) is 0 Å². The number of carboxylic acids is 2. The molecule has 0 fully saturated rings. The van der Waals surface area contributed by atoms with Crippen LogP contribution < -0.4 is 5.32 Å². The third kappa shape index (κ3) is 8.01. The molecule has 0 spiro atoms. The second-order valence-electron chi connectivity index (χ2n) is 3.52. The van der Waals surface area contributed by atoms with E-state index in [0.717, 1.165) is 12.8 Å². The number of carbonyl (C=O) groups is 3. The molecule has 17 heavy (non-hydrogen) atoms. The normalized spacial score (nSPS) is 12.3. The summed E-state index contributed by atoms with van der Waals surface area (Å²) in [6.45, 7) is 1.95. The molecule has 0 radical (unpaired) electrons. The number of amides is 1. The molecule has 96 valence electrons. The number of nitrogens with one attached hydrogen (secondary N) is 1. The van der Waals surface area contributed by atoms with Crippen LogP contribution in [0, 0.1) is 0 Å². The van der Waals surface area contributed by atoms with Crippen LogP contribution in [0.3, 0.4) is 0 Å². The minimum Gasteiger partial charge on any atom is -0.481 e. The van der Waals surface area contributed by atoms with E-state index in [9.17, 15) is 14.4 Å². The van der Waals surface area contributed by atoms with Gasteiger partial charge in [0, 0.05) is 6.42 Å². The summed E-state index contributed by atoms with van der Waals surface area (Å²) >= 11 is 0. The maximum Gasteiger partial charge on any atom is 0.326 e. The van der Waals surface area contributed by atoms with Gasteiger partial charge in [-0.1, -0.05) is 19.4 Å². The summed E-state index contributed by atoms with van der Waals surface area (Å²) in [7, 11) is 0. The highest BCUT2D eigenvalue weighted by Gasteiger charge is 2.19. The molecule has 0 aliphatic heterocycles. The first-order chi connectivity index (χ1) is 7.97. The molecule has 1 atom stereocenters. The lowest BCUT2D eigenvalue weighted by Gasteiger charge is -2.11. The Morgan fingerprint density at radius 1 is 1.29 bits per heavy atom. The Balaban J connectivity index is 4.20. The van der Waals surface area contributed by atoms with E-state index in [2.05, 4.69) is 5.32 Å². The van der Waals surface area contributed by atoms with Crippen LogP contribution in [-0.4, -0.2) is 34.1 Å². The monoisotopic (exact) mass is 243 g/mol. The van der Waals surface area contributed by atoms with Crippen LogP contribution in [0.2, 0.25) is 0 Å². The van der Waals surface area contributed by atoms with Gasteiger partial charge in [-0.15, -0.1) is 0 Å². The fourth-order valence-corrected chi connectivity index (χ4v) is 1.10. The molecule has 3 N–H and O–H groups in total. The number of carbonyl (C=O) groups excluding carboxylic acids is 1. The van der Waals surface area contributed by atoms with Crippen molar-refractivity contribution in [1.29, 1.82) is 0 Å². The van der Waals surface area contributed by atoms with Crippen LogP contribution in [0.1, 0.15) is 32.6 Å². The van der Waals surface area contributed by atoms with E-state index in [1.807, 2.05) is 6.92 Å². The second kappa shape index (κ2) is 8.32. The third-order valence-corrected chi connectivity index (χ3v) is 1.99. The lowest BCUT2D eigenvalue weighted by molar-refractivity contribution is -0.142. The van der Waals surface area contributed by atoms with E-state index in [1.165, 1.54) is 6.08 Å². The van der Waals surface area contributed by atoms with Gasteiger partial charge in [0.05, 0.1) is 0 Å². The van der Waals surface area contributed by atoms with Crippen molar-refractivity contribution in [2.45, 2.75) is 38.6 Å². The van der Waals surface area contributed by atoms with Crippen molar-refractivity contribution >= 4 is 17.8 Å². The highest BCUT2D eigenvalue weighted by Crippen LogP contribution is 1.98. The summed E-state index contributed by atoms with van der Waals surface area (Å²) in [6.07, 6.45) is 4.12. The van der Waals surface area contributed by atoms with Crippen LogP contribution in [0.25, 0.3) is 0 Å². The van der Waals surface area contributed by atoms with Crippen molar-refractivity contribution in [3.8, 4) is 0 Å². The molecule has 0 aromatic rings.